The van der Waals surface area contributed by atoms with E-state index >= 15 is 0 Å². The zero-order valence-electron chi connectivity index (χ0n) is 10.5. The topological polar surface area (TPSA) is 59.3 Å². The third kappa shape index (κ3) is 2.50. The first-order valence-electron chi connectivity index (χ1n) is 6.10. The second-order valence-electron chi connectivity index (χ2n) is 4.39. The molecule has 2 rings (SSSR count). The molecule has 0 radical (unpaired) electrons. The van der Waals surface area contributed by atoms with Crippen LogP contribution in [0.3, 0.4) is 0 Å². The lowest BCUT2D eigenvalue weighted by atomic mass is 10.1. The Hall–Kier alpha value is -2.17. The summed E-state index contributed by atoms with van der Waals surface area (Å²) >= 11 is 0. The molecule has 0 aliphatic heterocycles. The molecule has 100 valence electrons. The van der Waals surface area contributed by atoms with Gasteiger partial charge in [-0.15, -0.1) is 0 Å². The number of aryl methyl sites for hydroxylation is 1. The maximum absolute atomic E-state index is 13.3. The molecule has 0 saturated heterocycles. The Morgan fingerprint density at radius 2 is 2.16 bits per heavy atom. The van der Waals surface area contributed by atoms with E-state index in [1.54, 1.807) is 4.57 Å². The lowest BCUT2D eigenvalue weighted by Gasteiger charge is -2.11. The molecule has 0 bridgehead atoms. The maximum atomic E-state index is 13.3. The molecule has 0 aliphatic rings. The minimum absolute atomic E-state index is 0.234. The summed E-state index contributed by atoms with van der Waals surface area (Å²) in [5.74, 6) is -1.71. The number of hydrogen-bond acceptors (Lipinski definition) is 2. The van der Waals surface area contributed by atoms with Gasteiger partial charge in [-0.3, -0.25) is 4.79 Å². The number of benzene rings is 1. The Balaban J connectivity index is 2.76. The van der Waals surface area contributed by atoms with Crippen molar-refractivity contribution in [2.45, 2.75) is 26.3 Å². The summed E-state index contributed by atoms with van der Waals surface area (Å²) in [4.78, 5) is 23.1. The fourth-order valence-electron chi connectivity index (χ4n) is 2.03. The van der Waals surface area contributed by atoms with Crippen LogP contribution in [0.1, 0.15) is 30.1 Å². The van der Waals surface area contributed by atoms with Crippen molar-refractivity contribution in [3.63, 3.8) is 0 Å². The molecule has 1 aromatic carbocycles. The minimum atomic E-state index is -1.26. The van der Waals surface area contributed by atoms with Crippen molar-refractivity contribution < 1.29 is 14.3 Å². The number of nitrogens with zero attached hydrogens (tertiary/aromatic N) is 1. The van der Waals surface area contributed by atoms with Gasteiger partial charge in [-0.25, -0.2) is 9.18 Å². The van der Waals surface area contributed by atoms with Gasteiger partial charge in [0.1, 0.15) is 11.4 Å². The Morgan fingerprint density at radius 3 is 2.79 bits per heavy atom. The maximum Gasteiger partial charge on any atom is 0.341 e. The van der Waals surface area contributed by atoms with Crippen LogP contribution in [0.2, 0.25) is 0 Å². The largest absolute Gasteiger partial charge is 0.477 e. The van der Waals surface area contributed by atoms with Gasteiger partial charge in [0.05, 0.1) is 5.52 Å². The van der Waals surface area contributed by atoms with Crippen LogP contribution in [0, 0.1) is 5.82 Å². The van der Waals surface area contributed by atoms with E-state index in [9.17, 15) is 14.0 Å². The Kier molecular flexibility index (Phi) is 3.64. The molecule has 0 amide bonds. The zero-order chi connectivity index (χ0) is 14.0. The van der Waals surface area contributed by atoms with Crippen LogP contribution in [0.4, 0.5) is 4.39 Å². The van der Waals surface area contributed by atoms with E-state index in [4.69, 9.17) is 5.11 Å². The van der Waals surface area contributed by atoms with Gasteiger partial charge in [-0.2, -0.15) is 0 Å². The summed E-state index contributed by atoms with van der Waals surface area (Å²) in [7, 11) is 0. The van der Waals surface area contributed by atoms with E-state index in [2.05, 4.69) is 0 Å². The van der Waals surface area contributed by atoms with Crippen LogP contribution in [-0.2, 0) is 6.54 Å². The molecular weight excluding hydrogens is 249 g/mol. The van der Waals surface area contributed by atoms with Gasteiger partial charge in [-0.05, 0) is 24.6 Å². The first-order chi connectivity index (χ1) is 9.04. The van der Waals surface area contributed by atoms with Crippen molar-refractivity contribution in [3.8, 4) is 0 Å². The van der Waals surface area contributed by atoms with Crippen molar-refractivity contribution >= 4 is 16.9 Å². The molecule has 4 nitrogen and oxygen atoms in total. The number of unbranched alkanes of at least 4 members (excludes halogenated alkanes) is 1. The van der Waals surface area contributed by atoms with Gasteiger partial charge in [0.2, 0.25) is 5.43 Å². The normalized spacial score (nSPS) is 10.8. The number of carbonyl (C=O) groups is 1. The quantitative estimate of drug-likeness (QED) is 0.922. The van der Waals surface area contributed by atoms with E-state index in [-0.39, 0.29) is 10.9 Å². The van der Waals surface area contributed by atoms with Gasteiger partial charge < -0.3 is 9.67 Å². The second kappa shape index (κ2) is 5.22. The highest BCUT2D eigenvalue weighted by molar-refractivity contribution is 5.92. The summed E-state index contributed by atoms with van der Waals surface area (Å²) in [6.07, 6.45) is 3.04. The Labute approximate surface area is 109 Å². The molecule has 1 heterocycles. The zero-order valence-corrected chi connectivity index (χ0v) is 10.5. The van der Waals surface area contributed by atoms with Crippen molar-refractivity contribution in [1.29, 1.82) is 0 Å². The highest BCUT2D eigenvalue weighted by Gasteiger charge is 2.14. The van der Waals surface area contributed by atoms with Crippen molar-refractivity contribution in [1.82, 2.24) is 4.57 Å². The SMILES string of the molecule is CCCCn1cc(C(=O)O)c(=O)c2ccc(F)cc21. The van der Waals surface area contributed by atoms with E-state index < -0.39 is 17.2 Å². The molecule has 19 heavy (non-hydrogen) atoms. The highest BCUT2D eigenvalue weighted by Crippen LogP contribution is 2.15. The third-order valence-corrected chi connectivity index (χ3v) is 3.03. The molecule has 0 fully saturated rings. The molecule has 2 aromatic rings. The number of halogens is 1. The molecule has 0 unspecified atom stereocenters. The number of aromatic carboxylic acids is 1. The fourth-order valence-corrected chi connectivity index (χ4v) is 2.03. The van der Waals surface area contributed by atoms with Gasteiger partial charge >= 0.3 is 5.97 Å². The molecule has 0 spiro atoms. The highest BCUT2D eigenvalue weighted by atomic mass is 19.1. The summed E-state index contributed by atoms with van der Waals surface area (Å²) in [5, 5.41) is 9.28. The van der Waals surface area contributed by atoms with Gasteiger partial charge in [0.25, 0.3) is 0 Å². The second-order valence-corrected chi connectivity index (χ2v) is 4.39. The molecule has 0 saturated carbocycles. The lowest BCUT2D eigenvalue weighted by Crippen LogP contribution is -2.19. The van der Waals surface area contributed by atoms with Crippen LogP contribution in [-0.4, -0.2) is 15.6 Å². The van der Waals surface area contributed by atoms with Gasteiger partial charge in [-0.1, -0.05) is 13.3 Å². The van der Waals surface area contributed by atoms with Crippen LogP contribution >= 0.6 is 0 Å². The van der Waals surface area contributed by atoms with Crippen molar-refractivity contribution in [3.05, 3.63) is 46.0 Å². The van der Waals surface area contributed by atoms with Crippen LogP contribution in [0.5, 0.6) is 0 Å². The number of carboxylic acid groups (broad SMARTS) is 1. The van der Waals surface area contributed by atoms with E-state index in [0.29, 0.717) is 12.1 Å². The molecule has 1 aromatic heterocycles. The number of carboxylic acids is 1. The summed E-state index contributed by atoms with van der Waals surface area (Å²) in [6, 6.07) is 3.76. The number of rotatable bonds is 4. The third-order valence-electron chi connectivity index (χ3n) is 3.03. The Bertz CT molecular complexity index is 691. The average Bonchev–Trinajstić information content (AvgIpc) is 2.37. The first kappa shape index (κ1) is 13.3. The van der Waals surface area contributed by atoms with Gasteiger partial charge in [0.15, 0.2) is 0 Å². The summed E-state index contributed by atoms with van der Waals surface area (Å²) in [5.41, 5.74) is -0.422. The predicted molar refractivity (Wildman–Crippen MR) is 70.0 cm³/mol. The number of aromatic nitrogens is 1. The molecule has 0 aliphatic carbocycles. The van der Waals surface area contributed by atoms with Crippen LogP contribution < -0.4 is 5.43 Å². The van der Waals surface area contributed by atoms with E-state index in [1.165, 1.54) is 24.4 Å². The monoisotopic (exact) mass is 263 g/mol. The van der Waals surface area contributed by atoms with Crippen molar-refractivity contribution in [2.75, 3.05) is 0 Å². The smallest absolute Gasteiger partial charge is 0.341 e. The van der Waals surface area contributed by atoms with Crippen molar-refractivity contribution in [2.24, 2.45) is 0 Å². The van der Waals surface area contributed by atoms with Crippen LogP contribution in [0.25, 0.3) is 10.9 Å². The lowest BCUT2D eigenvalue weighted by molar-refractivity contribution is 0.0695. The molecule has 5 heteroatoms. The average molecular weight is 263 g/mol. The fraction of sp³-hybridized carbons (Fsp3) is 0.286. The van der Waals surface area contributed by atoms with Crippen LogP contribution in [0.15, 0.2) is 29.2 Å². The predicted octanol–water partition coefficient (Wildman–Crippen LogP) is 2.64. The molecule has 1 N–H and O–H groups in total. The van der Waals surface area contributed by atoms with E-state index in [1.807, 2.05) is 6.92 Å². The number of hydrogen-bond donors (Lipinski definition) is 1. The Morgan fingerprint density at radius 1 is 1.42 bits per heavy atom. The number of pyridine rings is 1. The number of fused-ring (bicyclic) bond motifs is 1. The standard InChI is InChI=1S/C14H14FNO3/c1-2-3-6-16-8-11(14(18)19)13(17)10-5-4-9(15)7-12(10)16/h4-5,7-8H,2-3,6H2,1H3,(H,18,19). The minimum Gasteiger partial charge on any atom is -0.477 e. The van der Waals surface area contributed by atoms with Gasteiger partial charge in [0, 0.05) is 18.1 Å². The molecular formula is C14H14FNO3. The summed E-state index contributed by atoms with van der Waals surface area (Å²) < 4.78 is 14.9. The van der Waals surface area contributed by atoms with E-state index in [0.717, 1.165) is 12.8 Å². The summed E-state index contributed by atoms with van der Waals surface area (Å²) in [6.45, 7) is 2.56. The molecule has 0 atom stereocenters. The first-order valence-corrected chi connectivity index (χ1v) is 6.10.